The van der Waals surface area contributed by atoms with Gasteiger partial charge in [-0.1, -0.05) is 35.9 Å². The topological polar surface area (TPSA) is 20.3 Å². The predicted octanol–water partition coefficient (Wildman–Crippen LogP) is 4.43. The van der Waals surface area contributed by atoms with E-state index in [9.17, 15) is 13.6 Å². The summed E-state index contributed by atoms with van der Waals surface area (Å²) in [5.41, 5.74) is 2.26. The minimum Gasteiger partial charge on any atom is -0.334 e. The molecule has 0 saturated carbocycles. The summed E-state index contributed by atoms with van der Waals surface area (Å²) in [5.74, 6) is -2.69. The van der Waals surface area contributed by atoms with Crippen molar-refractivity contribution in [3.05, 3.63) is 68.7 Å². The van der Waals surface area contributed by atoms with Crippen molar-refractivity contribution in [3.63, 3.8) is 0 Å². The lowest BCUT2D eigenvalue weighted by atomic mass is 9.97. The van der Waals surface area contributed by atoms with E-state index in [1.54, 1.807) is 11.8 Å². The zero-order valence-corrected chi connectivity index (χ0v) is 13.7. The molecule has 0 unspecified atom stereocenters. The molecule has 1 aliphatic rings. The molecule has 2 aromatic rings. The maximum atomic E-state index is 14.3. The first-order valence-corrected chi connectivity index (χ1v) is 7.79. The van der Waals surface area contributed by atoms with Crippen LogP contribution in [0.1, 0.15) is 32.6 Å². The molecule has 0 N–H and O–H groups in total. The molecule has 0 atom stereocenters. The molecule has 0 aliphatic carbocycles. The molecule has 0 radical (unpaired) electrons. The van der Waals surface area contributed by atoms with Crippen molar-refractivity contribution in [2.24, 2.45) is 0 Å². The Bertz CT molecular complexity index is 775. The van der Waals surface area contributed by atoms with Gasteiger partial charge in [0, 0.05) is 18.7 Å². The Balaban J connectivity index is 2.00. The standard InChI is InChI=1S/C18H16ClF2NO/c1-10-14(17(21)16(20)11(2)15(10)19)18(23)22-8-7-12-5-3-4-6-13(12)9-22/h3-6H,7-9H2,1-2H3. The van der Waals surface area contributed by atoms with Gasteiger partial charge in [-0.15, -0.1) is 0 Å². The summed E-state index contributed by atoms with van der Waals surface area (Å²) in [6.45, 7) is 3.81. The van der Waals surface area contributed by atoms with Crippen molar-refractivity contribution in [2.75, 3.05) is 6.54 Å². The normalized spacial score (nSPS) is 13.9. The van der Waals surface area contributed by atoms with Crippen LogP contribution in [0.3, 0.4) is 0 Å². The summed E-state index contributed by atoms with van der Waals surface area (Å²) < 4.78 is 28.3. The molecule has 0 fully saturated rings. The number of rotatable bonds is 1. The third kappa shape index (κ3) is 2.61. The van der Waals surface area contributed by atoms with Crippen LogP contribution in [-0.4, -0.2) is 17.4 Å². The number of hydrogen-bond donors (Lipinski definition) is 0. The number of nitrogens with zero attached hydrogens (tertiary/aromatic N) is 1. The molecule has 1 heterocycles. The van der Waals surface area contributed by atoms with Crippen molar-refractivity contribution < 1.29 is 13.6 Å². The second-order valence-electron chi connectivity index (χ2n) is 5.81. The van der Waals surface area contributed by atoms with Gasteiger partial charge in [-0.05, 0) is 37.0 Å². The van der Waals surface area contributed by atoms with Gasteiger partial charge < -0.3 is 4.90 Å². The van der Waals surface area contributed by atoms with Crippen LogP contribution in [0.4, 0.5) is 8.78 Å². The van der Waals surface area contributed by atoms with E-state index in [1.807, 2.05) is 24.3 Å². The molecule has 0 spiro atoms. The van der Waals surface area contributed by atoms with Crippen molar-refractivity contribution in [3.8, 4) is 0 Å². The first kappa shape index (κ1) is 15.9. The van der Waals surface area contributed by atoms with E-state index < -0.39 is 17.5 Å². The molecule has 1 amide bonds. The van der Waals surface area contributed by atoms with Crippen LogP contribution in [0.25, 0.3) is 0 Å². The van der Waals surface area contributed by atoms with Gasteiger partial charge in [0.05, 0.1) is 10.6 Å². The van der Waals surface area contributed by atoms with Crippen LogP contribution in [0, 0.1) is 25.5 Å². The Morgan fingerprint density at radius 3 is 2.43 bits per heavy atom. The van der Waals surface area contributed by atoms with Crippen molar-refractivity contribution >= 4 is 17.5 Å². The Labute approximate surface area is 138 Å². The van der Waals surface area contributed by atoms with Gasteiger partial charge in [-0.2, -0.15) is 0 Å². The van der Waals surface area contributed by atoms with Gasteiger partial charge in [-0.25, -0.2) is 8.78 Å². The third-order valence-corrected chi connectivity index (χ3v) is 4.97. The van der Waals surface area contributed by atoms with Gasteiger partial charge in [0.2, 0.25) is 0 Å². The average molecular weight is 336 g/mol. The van der Waals surface area contributed by atoms with Crippen molar-refractivity contribution in [2.45, 2.75) is 26.8 Å². The predicted molar refractivity (Wildman–Crippen MR) is 85.7 cm³/mol. The highest BCUT2D eigenvalue weighted by Crippen LogP contribution is 2.31. The van der Waals surface area contributed by atoms with Crippen LogP contribution in [0.2, 0.25) is 5.02 Å². The summed E-state index contributed by atoms with van der Waals surface area (Å²) in [5, 5.41) is 0.102. The highest BCUT2D eigenvalue weighted by Gasteiger charge is 2.29. The van der Waals surface area contributed by atoms with Crippen LogP contribution >= 0.6 is 11.6 Å². The van der Waals surface area contributed by atoms with Crippen LogP contribution in [0.5, 0.6) is 0 Å². The molecule has 23 heavy (non-hydrogen) atoms. The van der Waals surface area contributed by atoms with Crippen LogP contribution in [-0.2, 0) is 13.0 Å². The van der Waals surface area contributed by atoms with E-state index >= 15 is 0 Å². The number of fused-ring (bicyclic) bond motifs is 1. The largest absolute Gasteiger partial charge is 0.334 e. The number of carbonyl (C=O) groups is 1. The van der Waals surface area contributed by atoms with Gasteiger partial charge in [0.25, 0.3) is 5.91 Å². The Hall–Kier alpha value is -1.94. The summed E-state index contributed by atoms with van der Waals surface area (Å²) in [4.78, 5) is 14.3. The SMILES string of the molecule is Cc1c(F)c(F)c(C(=O)N2CCc3ccccc3C2)c(C)c1Cl. The van der Waals surface area contributed by atoms with E-state index in [4.69, 9.17) is 11.6 Å². The van der Waals surface area contributed by atoms with Gasteiger partial charge in [0.1, 0.15) is 0 Å². The smallest absolute Gasteiger partial charge is 0.257 e. The fraction of sp³-hybridized carbons (Fsp3) is 0.278. The lowest BCUT2D eigenvalue weighted by Crippen LogP contribution is -2.37. The number of halogens is 3. The van der Waals surface area contributed by atoms with E-state index in [-0.39, 0.29) is 21.7 Å². The molecule has 5 heteroatoms. The third-order valence-electron chi connectivity index (χ3n) is 4.41. The molecule has 1 aliphatic heterocycles. The van der Waals surface area contributed by atoms with Gasteiger partial charge in [-0.3, -0.25) is 4.79 Å². The quantitative estimate of drug-likeness (QED) is 0.706. The fourth-order valence-corrected chi connectivity index (χ4v) is 3.19. The molecular formula is C18H16ClF2NO. The molecule has 0 bridgehead atoms. The molecule has 120 valence electrons. The summed E-state index contributed by atoms with van der Waals surface area (Å²) >= 11 is 6.05. The summed E-state index contributed by atoms with van der Waals surface area (Å²) in [7, 11) is 0. The second-order valence-corrected chi connectivity index (χ2v) is 6.19. The molecule has 0 saturated heterocycles. The van der Waals surface area contributed by atoms with Gasteiger partial charge in [0.15, 0.2) is 11.6 Å². The zero-order chi connectivity index (χ0) is 16.7. The molecule has 3 rings (SSSR count). The highest BCUT2D eigenvalue weighted by molar-refractivity contribution is 6.32. The van der Waals surface area contributed by atoms with Crippen LogP contribution in [0.15, 0.2) is 24.3 Å². The minimum absolute atomic E-state index is 0.0298. The lowest BCUT2D eigenvalue weighted by molar-refractivity contribution is 0.0728. The Kier molecular flexibility index (Phi) is 4.11. The summed E-state index contributed by atoms with van der Waals surface area (Å²) in [6, 6.07) is 7.82. The van der Waals surface area contributed by atoms with E-state index in [1.165, 1.54) is 12.5 Å². The zero-order valence-electron chi connectivity index (χ0n) is 12.9. The molecule has 2 aromatic carbocycles. The van der Waals surface area contributed by atoms with Crippen molar-refractivity contribution in [1.29, 1.82) is 0 Å². The Morgan fingerprint density at radius 2 is 1.74 bits per heavy atom. The Morgan fingerprint density at radius 1 is 1.09 bits per heavy atom. The molecule has 0 aromatic heterocycles. The number of benzene rings is 2. The monoisotopic (exact) mass is 335 g/mol. The fourth-order valence-electron chi connectivity index (χ4n) is 3.01. The maximum absolute atomic E-state index is 14.3. The summed E-state index contributed by atoms with van der Waals surface area (Å²) in [6.07, 6.45) is 0.699. The average Bonchev–Trinajstić information content (AvgIpc) is 2.57. The molecule has 2 nitrogen and oxygen atoms in total. The lowest BCUT2D eigenvalue weighted by Gasteiger charge is -2.29. The van der Waals surface area contributed by atoms with E-state index in [2.05, 4.69) is 0 Å². The minimum atomic E-state index is -1.12. The number of hydrogen-bond acceptors (Lipinski definition) is 1. The van der Waals surface area contributed by atoms with E-state index in [0.29, 0.717) is 19.5 Å². The second kappa shape index (κ2) is 5.93. The van der Waals surface area contributed by atoms with Crippen LogP contribution < -0.4 is 0 Å². The first-order chi connectivity index (χ1) is 10.9. The first-order valence-electron chi connectivity index (χ1n) is 7.41. The number of carbonyl (C=O) groups excluding carboxylic acids is 1. The highest BCUT2D eigenvalue weighted by atomic mass is 35.5. The van der Waals surface area contributed by atoms with Crippen molar-refractivity contribution in [1.82, 2.24) is 4.90 Å². The van der Waals surface area contributed by atoms with E-state index in [0.717, 1.165) is 5.56 Å². The van der Waals surface area contributed by atoms with Gasteiger partial charge >= 0.3 is 0 Å². The maximum Gasteiger partial charge on any atom is 0.257 e. The number of amides is 1. The molecular weight excluding hydrogens is 320 g/mol.